The van der Waals surface area contributed by atoms with Gasteiger partial charge in [0.25, 0.3) is 0 Å². The normalized spacial score (nSPS) is 13.0. The third-order valence-corrected chi connectivity index (χ3v) is 3.45. The minimum absolute atomic E-state index is 0.0448. The highest BCUT2D eigenvalue weighted by atomic mass is 19.4. The van der Waals surface area contributed by atoms with Crippen molar-refractivity contribution < 1.29 is 22.7 Å². The van der Waals surface area contributed by atoms with E-state index < -0.39 is 23.7 Å². The molecule has 0 aliphatic rings. The van der Waals surface area contributed by atoms with Gasteiger partial charge in [0, 0.05) is 11.8 Å². The predicted molar refractivity (Wildman–Crippen MR) is 86.1 cm³/mol. The Hall–Kier alpha value is -2.42. The summed E-state index contributed by atoms with van der Waals surface area (Å²) in [5.74, 6) is -0.866. The second-order valence-electron chi connectivity index (χ2n) is 5.77. The first-order valence-corrected chi connectivity index (χ1v) is 7.55. The summed E-state index contributed by atoms with van der Waals surface area (Å²) in [6.07, 6.45) is -4.66. The molecule has 9 heteroatoms. The van der Waals surface area contributed by atoms with Gasteiger partial charge in [0.15, 0.2) is 5.69 Å². The smallest absolute Gasteiger partial charge is 0.394 e. The quantitative estimate of drug-likeness (QED) is 0.685. The molecule has 0 aliphatic carbocycles. The second kappa shape index (κ2) is 7.64. The standard InChI is InChI=1S/C16H18F4N4O/c1-9(2)12(8-25)22-15-23-13(16(18,19)20)7-14(24-15)21-11-5-3-10(17)4-6-11/h3-7,9,12,25H,8H2,1-2H3,(H2,21,22,23,24)/t12-/m0/s1. The number of aliphatic hydroxyl groups excluding tert-OH is 1. The molecule has 2 aromatic rings. The molecule has 0 bridgehead atoms. The number of benzene rings is 1. The molecule has 3 N–H and O–H groups in total. The van der Waals surface area contributed by atoms with Crippen molar-refractivity contribution >= 4 is 17.5 Å². The van der Waals surface area contributed by atoms with Crippen molar-refractivity contribution in [3.63, 3.8) is 0 Å². The van der Waals surface area contributed by atoms with Gasteiger partial charge in [-0.2, -0.15) is 18.2 Å². The predicted octanol–water partition coefficient (Wildman–Crippen LogP) is 3.81. The first kappa shape index (κ1) is 18.9. The summed E-state index contributed by atoms with van der Waals surface area (Å²) in [4.78, 5) is 7.47. The lowest BCUT2D eigenvalue weighted by Gasteiger charge is -2.21. The summed E-state index contributed by atoms with van der Waals surface area (Å²) in [7, 11) is 0. The molecular formula is C16H18F4N4O. The molecule has 1 aromatic carbocycles. The average molecular weight is 358 g/mol. The summed E-state index contributed by atoms with van der Waals surface area (Å²) in [6, 6.07) is 5.37. The number of hydrogen-bond acceptors (Lipinski definition) is 5. The molecule has 1 heterocycles. The van der Waals surface area contributed by atoms with E-state index in [0.29, 0.717) is 5.69 Å². The fourth-order valence-corrected chi connectivity index (χ4v) is 1.99. The highest BCUT2D eigenvalue weighted by molar-refractivity contribution is 5.57. The van der Waals surface area contributed by atoms with Crippen LogP contribution in [-0.2, 0) is 6.18 Å². The SMILES string of the molecule is CC(C)[C@H](CO)Nc1nc(Nc2ccc(F)cc2)cc(C(F)(F)F)n1. The molecule has 1 aromatic heterocycles. The number of hydrogen-bond donors (Lipinski definition) is 3. The van der Waals surface area contributed by atoms with Crippen LogP contribution in [0.3, 0.4) is 0 Å². The Morgan fingerprint density at radius 2 is 1.76 bits per heavy atom. The van der Waals surface area contributed by atoms with Gasteiger partial charge < -0.3 is 15.7 Å². The van der Waals surface area contributed by atoms with Crippen molar-refractivity contribution in [2.45, 2.75) is 26.1 Å². The molecule has 0 saturated carbocycles. The molecule has 0 unspecified atom stereocenters. The third-order valence-electron chi connectivity index (χ3n) is 3.45. The summed E-state index contributed by atoms with van der Waals surface area (Å²) < 4.78 is 52.2. The Labute approximate surface area is 142 Å². The van der Waals surface area contributed by atoms with E-state index in [4.69, 9.17) is 0 Å². The first-order chi connectivity index (χ1) is 11.7. The summed E-state index contributed by atoms with van der Waals surface area (Å²) >= 11 is 0. The van der Waals surface area contributed by atoms with Crippen molar-refractivity contribution in [3.8, 4) is 0 Å². The Morgan fingerprint density at radius 1 is 1.12 bits per heavy atom. The highest BCUT2D eigenvalue weighted by Gasteiger charge is 2.34. The van der Waals surface area contributed by atoms with Gasteiger partial charge >= 0.3 is 6.18 Å². The third kappa shape index (κ3) is 5.28. The average Bonchev–Trinajstić information content (AvgIpc) is 2.53. The summed E-state index contributed by atoms with van der Waals surface area (Å²) in [5, 5.41) is 14.7. The van der Waals surface area contributed by atoms with Crippen LogP contribution in [-0.4, -0.2) is 27.7 Å². The topological polar surface area (TPSA) is 70.1 Å². The van der Waals surface area contributed by atoms with Crippen molar-refractivity contribution in [1.82, 2.24) is 9.97 Å². The maximum absolute atomic E-state index is 13.1. The van der Waals surface area contributed by atoms with Gasteiger partial charge in [-0.1, -0.05) is 13.8 Å². The van der Waals surface area contributed by atoms with Gasteiger partial charge in [0.05, 0.1) is 12.6 Å². The molecule has 0 radical (unpaired) electrons. The number of halogens is 4. The minimum atomic E-state index is -4.66. The number of aliphatic hydroxyl groups is 1. The van der Waals surface area contributed by atoms with Gasteiger partial charge in [-0.25, -0.2) is 9.37 Å². The van der Waals surface area contributed by atoms with E-state index in [1.165, 1.54) is 24.3 Å². The van der Waals surface area contributed by atoms with Crippen LogP contribution in [0.5, 0.6) is 0 Å². The number of nitrogens with one attached hydrogen (secondary N) is 2. The van der Waals surface area contributed by atoms with E-state index in [9.17, 15) is 22.7 Å². The van der Waals surface area contributed by atoms with Crippen LogP contribution in [0.1, 0.15) is 19.5 Å². The van der Waals surface area contributed by atoms with E-state index in [-0.39, 0.29) is 24.3 Å². The van der Waals surface area contributed by atoms with Crippen molar-refractivity contribution in [3.05, 3.63) is 41.8 Å². The van der Waals surface area contributed by atoms with E-state index in [1.807, 2.05) is 0 Å². The molecule has 0 spiro atoms. The number of aromatic nitrogens is 2. The second-order valence-corrected chi connectivity index (χ2v) is 5.77. The Kier molecular flexibility index (Phi) is 5.78. The lowest BCUT2D eigenvalue weighted by Crippen LogP contribution is -2.30. The maximum Gasteiger partial charge on any atom is 0.433 e. The van der Waals surface area contributed by atoms with Gasteiger partial charge in [-0.05, 0) is 30.2 Å². The molecule has 136 valence electrons. The zero-order valence-corrected chi connectivity index (χ0v) is 13.6. The van der Waals surface area contributed by atoms with Crippen LogP contribution in [0.15, 0.2) is 30.3 Å². The Morgan fingerprint density at radius 3 is 2.28 bits per heavy atom. The first-order valence-electron chi connectivity index (χ1n) is 7.55. The number of rotatable bonds is 6. The van der Waals surface area contributed by atoms with Crippen LogP contribution in [0.4, 0.5) is 35.0 Å². The van der Waals surface area contributed by atoms with Crippen LogP contribution in [0.2, 0.25) is 0 Å². The number of alkyl halides is 3. The van der Waals surface area contributed by atoms with Crippen molar-refractivity contribution in [2.75, 3.05) is 17.2 Å². The lowest BCUT2D eigenvalue weighted by molar-refractivity contribution is -0.141. The lowest BCUT2D eigenvalue weighted by atomic mass is 10.1. The fraction of sp³-hybridized carbons (Fsp3) is 0.375. The Balaban J connectivity index is 2.34. The molecule has 1 atom stereocenters. The zero-order valence-electron chi connectivity index (χ0n) is 13.6. The summed E-state index contributed by atoms with van der Waals surface area (Å²) in [5.41, 5.74) is -0.753. The highest BCUT2D eigenvalue weighted by Crippen LogP contribution is 2.30. The molecule has 0 amide bonds. The van der Waals surface area contributed by atoms with E-state index in [0.717, 1.165) is 6.07 Å². The van der Waals surface area contributed by atoms with E-state index in [2.05, 4.69) is 20.6 Å². The minimum Gasteiger partial charge on any atom is -0.394 e. The summed E-state index contributed by atoms with van der Waals surface area (Å²) in [6.45, 7) is 3.33. The van der Waals surface area contributed by atoms with Gasteiger partial charge in [0.2, 0.25) is 5.95 Å². The van der Waals surface area contributed by atoms with Crippen molar-refractivity contribution in [2.24, 2.45) is 5.92 Å². The zero-order chi connectivity index (χ0) is 18.6. The molecule has 2 rings (SSSR count). The molecule has 0 aliphatic heterocycles. The molecule has 5 nitrogen and oxygen atoms in total. The van der Waals surface area contributed by atoms with Gasteiger partial charge in [-0.3, -0.25) is 0 Å². The maximum atomic E-state index is 13.1. The van der Waals surface area contributed by atoms with Gasteiger partial charge in [0.1, 0.15) is 11.6 Å². The van der Waals surface area contributed by atoms with Crippen LogP contribution in [0.25, 0.3) is 0 Å². The van der Waals surface area contributed by atoms with E-state index >= 15 is 0 Å². The monoisotopic (exact) mass is 358 g/mol. The van der Waals surface area contributed by atoms with Crippen molar-refractivity contribution in [1.29, 1.82) is 0 Å². The largest absolute Gasteiger partial charge is 0.433 e. The van der Waals surface area contributed by atoms with Crippen LogP contribution < -0.4 is 10.6 Å². The number of nitrogens with zero attached hydrogens (tertiary/aromatic N) is 2. The van der Waals surface area contributed by atoms with Gasteiger partial charge in [-0.15, -0.1) is 0 Å². The molecular weight excluding hydrogens is 340 g/mol. The molecule has 0 fully saturated rings. The van der Waals surface area contributed by atoms with Crippen LogP contribution >= 0.6 is 0 Å². The number of anilines is 3. The Bertz CT molecular complexity index is 704. The molecule has 0 saturated heterocycles. The van der Waals surface area contributed by atoms with E-state index in [1.54, 1.807) is 13.8 Å². The molecule has 25 heavy (non-hydrogen) atoms. The van der Waals surface area contributed by atoms with Crippen LogP contribution in [0, 0.1) is 11.7 Å². The fourth-order valence-electron chi connectivity index (χ4n) is 1.99.